The second-order valence-corrected chi connectivity index (χ2v) is 6.46. The third kappa shape index (κ3) is 5.27. The van der Waals surface area contributed by atoms with Crippen LogP contribution in [0.2, 0.25) is 0 Å². The summed E-state index contributed by atoms with van der Waals surface area (Å²) in [4.78, 5) is 15.6. The minimum Gasteiger partial charge on any atom is -0.468 e. The summed E-state index contributed by atoms with van der Waals surface area (Å²) in [6, 6.07) is 15.3. The molecule has 1 amide bonds. The molecule has 0 aliphatic carbocycles. The Bertz CT molecular complexity index is 731. The van der Waals surface area contributed by atoms with Gasteiger partial charge in [-0.05, 0) is 54.8 Å². The van der Waals surface area contributed by atoms with Gasteiger partial charge in [0.2, 0.25) is 5.91 Å². The number of nitrogens with one attached hydrogen (secondary N) is 1. The number of carbonyl (C=O) groups is 1. The summed E-state index contributed by atoms with van der Waals surface area (Å²) in [7, 11) is 0. The van der Waals surface area contributed by atoms with Gasteiger partial charge in [0.25, 0.3) is 0 Å². The van der Waals surface area contributed by atoms with E-state index < -0.39 is 0 Å². The maximum atomic E-state index is 12.4. The van der Waals surface area contributed by atoms with Gasteiger partial charge in [-0.2, -0.15) is 0 Å². The lowest BCUT2D eigenvalue weighted by molar-refractivity contribution is -0.117. The normalized spacial score (nSPS) is 11.0. The molecule has 2 heterocycles. The zero-order valence-corrected chi connectivity index (χ0v) is 14.8. The topological polar surface area (TPSA) is 58.6 Å². The molecule has 0 spiro atoms. The highest BCUT2D eigenvalue weighted by Crippen LogP contribution is 2.18. The average molecular weight is 356 g/mol. The van der Waals surface area contributed by atoms with E-state index in [2.05, 4.69) is 5.32 Å². The van der Waals surface area contributed by atoms with Gasteiger partial charge >= 0.3 is 0 Å². The smallest absolute Gasteiger partial charge is 0.238 e. The number of hydrogen-bond acceptors (Lipinski definition) is 5. The van der Waals surface area contributed by atoms with Crippen molar-refractivity contribution < 1.29 is 13.6 Å². The molecule has 0 aliphatic heterocycles. The SMILES string of the molecule is CSc1ccc(NC(=O)CN(Cc2ccco2)Cc2ccco2)cc1. The van der Waals surface area contributed by atoms with Crippen LogP contribution in [0, 0.1) is 0 Å². The second kappa shape index (κ2) is 8.60. The van der Waals surface area contributed by atoms with E-state index in [1.807, 2.05) is 59.7 Å². The molecule has 25 heavy (non-hydrogen) atoms. The number of rotatable bonds is 8. The molecule has 1 aromatic carbocycles. The van der Waals surface area contributed by atoms with E-state index >= 15 is 0 Å². The van der Waals surface area contributed by atoms with Gasteiger partial charge in [0.1, 0.15) is 11.5 Å². The van der Waals surface area contributed by atoms with Crippen LogP contribution >= 0.6 is 11.8 Å². The highest BCUT2D eigenvalue weighted by Gasteiger charge is 2.15. The molecule has 3 rings (SSSR count). The summed E-state index contributed by atoms with van der Waals surface area (Å²) in [6.45, 7) is 1.31. The quantitative estimate of drug-likeness (QED) is 0.612. The predicted octanol–water partition coefficient (Wildman–Crippen LogP) is 4.24. The molecule has 1 N–H and O–H groups in total. The summed E-state index contributed by atoms with van der Waals surface area (Å²) >= 11 is 1.67. The summed E-state index contributed by atoms with van der Waals surface area (Å²) in [6.07, 6.45) is 5.29. The van der Waals surface area contributed by atoms with Crippen LogP contribution in [-0.4, -0.2) is 23.6 Å². The van der Waals surface area contributed by atoms with E-state index in [0.717, 1.165) is 22.1 Å². The molecule has 0 fully saturated rings. The fraction of sp³-hybridized carbons (Fsp3) is 0.211. The first-order valence-corrected chi connectivity index (χ1v) is 9.16. The van der Waals surface area contributed by atoms with E-state index in [0.29, 0.717) is 13.1 Å². The third-order valence-electron chi connectivity index (χ3n) is 3.66. The van der Waals surface area contributed by atoms with E-state index in [1.54, 1.807) is 24.3 Å². The van der Waals surface area contributed by atoms with Gasteiger partial charge in [-0.15, -0.1) is 11.8 Å². The Morgan fingerprint density at radius 1 is 1.00 bits per heavy atom. The van der Waals surface area contributed by atoms with Gasteiger partial charge in [0.05, 0.1) is 32.2 Å². The lowest BCUT2D eigenvalue weighted by atomic mass is 10.3. The van der Waals surface area contributed by atoms with Gasteiger partial charge < -0.3 is 14.2 Å². The Morgan fingerprint density at radius 3 is 2.08 bits per heavy atom. The van der Waals surface area contributed by atoms with E-state index in [4.69, 9.17) is 8.83 Å². The fourth-order valence-electron chi connectivity index (χ4n) is 2.49. The number of carbonyl (C=O) groups excluding carboxylic acids is 1. The molecule has 6 heteroatoms. The minimum atomic E-state index is -0.0741. The molecule has 130 valence electrons. The lowest BCUT2D eigenvalue weighted by Gasteiger charge is -2.19. The van der Waals surface area contributed by atoms with Gasteiger partial charge in [-0.1, -0.05) is 0 Å². The largest absolute Gasteiger partial charge is 0.468 e. The maximum absolute atomic E-state index is 12.4. The number of thioether (sulfide) groups is 1. The van der Waals surface area contributed by atoms with Crippen molar-refractivity contribution in [3.05, 3.63) is 72.6 Å². The summed E-state index contributed by atoms with van der Waals surface area (Å²) in [5.41, 5.74) is 0.791. The number of amides is 1. The van der Waals surface area contributed by atoms with Gasteiger partial charge in [0, 0.05) is 10.6 Å². The van der Waals surface area contributed by atoms with E-state index in [-0.39, 0.29) is 12.5 Å². The standard InChI is InChI=1S/C19H20N2O3S/c1-25-18-8-6-15(7-9-18)20-19(22)14-21(12-16-4-2-10-23-16)13-17-5-3-11-24-17/h2-11H,12-14H2,1H3,(H,20,22). The molecular weight excluding hydrogens is 336 g/mol. The zero-order chi connectivity index (χ0) is 17.5. The highest BCUT2D eigenvalue weighted by molar-refractivity contribution is 7.98. The predicted molar refractivity (Wildman–Crippen MR) is 98.4 cm³/mol. The Balaban J connectivity index is 1.62. The molecule has 0 saturated heterocycles. The molecule has 0 aliphatic rings. The first kappa shape index (κ1) is 17.4. The third-order valence-corrected chi connectivity index (χ3v) is 4.40. The molecule has 0 atom stereocenters. The Hall–Kier alpha value is -2.44. The molecule has 0 radical (unpaired) electrons. The van der Waals surface area contributed by atoms with Crippen molar-refractivity contribution in [2.45, 2.75) is 18.0 Å². The van der Waals surface area contributed by atoms with Crippen LogP contribution in [0.15, 0.2) is 74.8 Å². The summed E-state index contributed by atoms with van der Waals surface area (Å²) in [5.74, 6) is 1.54. The van der Waals surface area contributed by atoms with E-state index in [1.165, 1.54) is 0 Å². The molecule has 5 nitrogen and oxygen atoms in total. The molecule has 2 aromatic heterocycles. The van der Waals surface area contributed by atoms with Crippen molar-refractivity contribution in [3.8, 4) is 0 Å². The van der Waals surface area contributed by atoms with E-state index in [9.17, 15) is 4.79 Å². The first-order chi connectivity index (χ1) is 12.2. The number of nitrogens with zero attached hydrogens (tertiary/aromatic N) is 1. The van der Waals surface area contributed by atoms with Crippen LogP contribution in [0.5, 0.6) is 0 Å². The van der Waals surface area contributed by atoms with Crippen molar-refractivity contribution in [2.75, 3.05) is 18.1 Å². The van der Waals surface area contributed by atoms with Gasteiger partial charge in [-0.25, -0.2) is 0 Å². The zero-order valence-electron chi connectivity index (χ0n) is 14.0. The second-order valence-electron chi connectivity index (χ2n) is 5.58. The van der Waals surface area contributed by atoms with Crippen LogP contribution in [0.3, 0.4) is 0 Å². The van der Waals surface area contributed by atoms with Crippen molar-refractivity contribution in [3.63, 3.8) is 0 Å². The van der Waals surface area contributed by atoms with Crippen LogP contribution in [0.25, 0.3) is 0 Å². The molecule has 0 saturated carbocycles. The number of anilines is 1. The van der Waals surface area contributed by atoms with Crippen LogP contribution < -0.4 is 5.32 Å². The number of hydrogen-bond donors (Lipinski definition) is 1. The van der Waals surface area contributed by atoms with Crippen molar-refractivity contribution in [1.29, 1.82) is 0 Å². The molecule has 0 unspecified atom stereocenters. The Morgan fingerprint density at radius 2 is 1.60 bits per heavy atom. The number of furan rings is 2. The van der Waals surface area contributed by atoms with Crippen molar-refractivity contribution in [1.82, 2.24) is 4.90 Å². The molecule has 3 aromatic rings. The minimum absolute atomic E-state index is 0.0741. The van der Waals surface area contributed by atoms with Crippen molar-refractivity contribution >= 4 is 23.4 Å². The lowest BCUT2D eigenvalue weighted by Crippen LogP contribution is -2.32. The first-order valence-electron chi connectivity index (χ1n) is 7.94. The number of benzene rings is 1. The van der Waals surface area contributed by atoms with Crippen molar-refractivity contribution in [2.24, 2.45) is 0 Å². The van der Waals surface area contributed by atoms with Gasteiger partial charge in [-0.3, -0.25) is 9.69 Å². The van der Waals surface area contributed by atoms with Gasteiger partial charge in [0.15, 0.2) is 0 Å². The highest BCUT2D eigenvalue weighted by atomic mass is 32.2. The molecular formula is C19H20N2O3S. The summed E-state index contributed by atoms with van der Waals surface area (Å²) in [5, 5.41) is 2.93. The monoisotopic (exact) mass is 356 g/mol. The Labute approximate surface area is 151 Å². The Kier molecular flexibility index (Phi) is 5.98. The van der Waals surface area contributed by atoms with Crippen LogP contribution in [0.4, 0.5) is 5.69 Å². The van der Waals surface area contributed by atoms with Crippen LogP contribution in [-0.2, 0) is 17.9 Å². The fourth-order valence-corrected chi connectivity index (χ4v) is 2.90. The maximum Gasteiger partial charge on any atom is 0.238 e. The molecule has 0 bridgehead atoms. The van der Waals surface area contributed by atoms with Crippen LogP contribution in [0.1, 0.15) is 11.5 Å². The summed E-state index contributed by atoms with van der Waals surface area (Å²) < 4.78 is 10.8. The average Bonchev–Trinajstić information content (AvgIpc) is 3.29.